The Balaban J connectivity index is 1.96. The van der Waals surface area contributed by atoms with Crippen molar-refractivity contribution in [2.45, 2.75) is 18.9 Å². The van der Waals surface area contributed by atoms with Crippen molar-refractivity contribution in [1.29, 1.82) is 0 Å². The van der Waals surface area contributed by atoms with Crippen molar-refractivity contribution in [1.82, 2.24) is 5.32 Å². The molecule has 0 amide bonds. The zero-order valence-electron chi connectivity index (χ0n) is 14.6. The number of ether oxygens (including phenoxy) is 2. The number of hydrogen-bond donors (Lipinski definition) is 2. The van der Waals surface area contributed by atoms with Gasteiger partial charge in [-0.1, -0.05) is 29.9 Å². The molecule has 2 aromatic rings. The Morgan fingerprint density at radius 2 is 1.85 bits per heavy atom. The molecule has 26 heavy (non-hydrogen) atoms. The molecule has 134 valence electrons. The van der Waals surface area contributed by atoms with E-state index in [9.17, 15) is 0 Å². The minimum Gasteiger partial charge on any atom is -0.493 e. The van der Waals surface area contributed by atoms with Gasteiger partial charge in [0, 0.05) is 6.42 Å². The van der Waals surface area contributed by atoms with Crippen molar-refractivity contribution in [3.63, 3.8) is 0 Å². The summed E-state index contributed by atoms with van der Waals surface area (Å²) in [6, 6.07) is 9.90. The Bertz CT molecular complexity index is 955. The molecule has 0 aromatic heterocycles. The summed E-state index contributed by atoms with van der Waals surface area (Å²) in [5.41, 5.74) is 12.3. The number of nitrogens with two attached hydrogens (primary N) is 1. The van der Waals surface area contributed by atoms with Crippen molar-refractivity contribution in [3.05, 3.63) is 57.6 Å². The highest BCUT2D eigenvalue weighted by Crippen LogP contribution is 2.50. The van der Waals surface area contributed by atoms with Gasteiger partial charge >= 0.3 is 0 Å². The van der Waals surface area contributed by atoms with Crippen LogP contribution in [0, 0.1) is 0 Å². The molecular formula is C20H19ClN2O2S. The molecule has 2 aliphatic rings. The number of thiocarbonyl (C=S) groups is 1. The van der Waals surface area contributed by atoms with Crippen LogP contribution in [0.4, 0.5) is 5.69 Å². The van der Waals surface area contributed by atoms with Crippen LogP contribution in [0.5, 0.6) is 11.5 Å². The van der Waals surface area contributed by atoms with Crippen LogP contribution in [0.25, 0.3) is 5.57 Å². The summed E-state index contributed by atoms with van der Waals surface area (Å²) in [6.45, 7) is 0. The Morgan fingerprint density at radius 3 is 2.54 bits per heavy atom. The summed E-state index contributed by atoms with van der Waals surface area (Å²) in [5.74, 6) is 1.41. The summed E-state index contributed by atoms with van der Waals surface area (Å²) >= 11 is 11.7. The van der Waals surface area contributed by atoms with Gasteiger partial charge in [-0.05, 0) is 58.5 Å². The van der Waals surface area contributed by atoms with Crippen LogP contribution < -0.4 is 20.5 Å². The minimum absolute atomic E-state index is 0.0531. The molecule has 6 heteroatoms. The molecule has 1 aliphatic carbocycles. The van der Waals surface area contributed by atoms with Crippen molar-refractivity contribution < 1.29 is 9.47 Å². The average molecular weight is 387 g/mol. The molecule has 3 N–H and O–H groups in total. The summed E-state index contributed by atoms with van der Waals surface area (Å²) in [7, 11) is 3.29. The van der Waals surface area contributed by atoms with E-state index in [0.717, 1.165) is 34.5 Å². The molecule has 0 bridgehead atoms. The van der Waals surface area contributed by atoms with Gasteiger partial charge in [-0.3, -0.25) is 0 Å². The van der Waals surface area contributed by atoms with Crippen molar-refractivity contribution >= 4 is 40.1 Å². The second kappa shape index (κ2) is 6.49. The van der Waals surface area contributed by atoms with Crippen LogP contribution in [0.3, 0.4) is 0 Å². The number of rotatable bonds is 3. The zero-order chi connectivity index (χ0) is 18.4. The number of halogens is 1. The number of hydrogen-bond acceptors (Lipinski definition) is 4. The fourth-order valence-electron chi connectivity index (χ4n) is 3.79. The number of nitrogens with one attached hydrogen (secondary N) is 1. The maximum atomic E-state index is 6.30. The lowest BCUT2D eigenvalue weighted by Gasteiger charge is -2.26. The number of benzene rings is 2. The quantitative estimate of drug-likeness (QED) is 0.600. The molecular weight excluding hydrogens is 368 g/mol. The molecule has 1 saturated heterocycles. The van der Waals surface area contributed by atoms with Gasteiger partial charge in [-0.15, -0.1) is 0 Å². The van der Waals surface area contributed by atoms with Gasteiger partial charge in [0.1, 0.15) is 0 Å². The summed E-state index contributed by atoms with van der Waals surface area (Å²) in [6.07, 6.45) is 1.75. The fourth-order valence-corrected chi connectivity index (χ4v) is 4.19. The van der Waals surface area contributed by atoms with E-state index in [1.807, 2.05) is 30.3 Å². The summed E-state index contributed by atoms with van der Waals surface area (Å²) < 4.78 is 11.0. The highest BCUT2D eigenvalue weighted by molar-refractivity contribution is 7.80. The molecule has 1 aliphatic heterocycles. The average Bonchev–Trinajstić information content (AvgIpc) is 2.95. The third kappa shape index (κ3) is 2.63. The molecule has 2 aromatic carbocycles. The maximum Gasteiger partial charge on any atom is 0.161 e. The number of methoxy groups -OCH3 is 2. The molecule has 4 nitrogen and oxygen atoms in total. The first-order chi connectivity index (χ1) is 12.5. The van der Waals surface area contributed by atoms with Crippen LogP contribution in [0.2, 0.25) is 5.02 Å². The standard InChI is InChI=1S/C20H19ClN2O2S/c1-24-16-8-12-13(9-17(16)25-2)20-11(4-6-18(26)23-20)19(12)10-3-5-15(22)14(21)7-10/h3,5,7-9,20H,4,6,22H2,1-2H3,(H,23,26). The first-order valence-electron chi connectivity index (χ1n) is 8.37. The van der Waals surface area contributed by atoms with E-state index >= 15 is 0 Å². The van der Waals surface area contributed by atoms with Crippen molar-refractivity contribution in [2.75, 3.05) is 20.0 Å². The predicted octanol–water partition coefficient (Wildman–Crippen LogP) is 4.51. The Morgan fingerprint density at radius 1 is 1.12 bits per heavy atom. The third-order valence-electron chi connectivity index (χ3n) is 5.02. The van der Waals surface area contributed by atoms with E-state index in [1.54, 1.807) is 14.2 Å². The molecule has 1 heterocycles. The lowest BCUT2D eigenvalue weighted by atomic mass is 9.93. The van der Waals surface area contributed by atoms with E-state index in [-0.39, 0.29) is 6.04 Å². The zero-order valence-corrected chi connectivity index (χ0v) is 16.1. The van der Waals surface area contributed by atoms with E-state index in [1.165, 1.54) is 11.1 Å². The number of anilines is 1. The molecule has 0 radical (unpaired) electrons. The lowest BCUT2D eigenvalue weighted by molar-refractivity contribution is 0.354. The summed E-state index contributed by atoms with van der Waals surface area (Å²) in [4.78, 5) is 0.885. The van der Waals surface area contributed by atoms with Gasteiger partial charge in [0.05, 0.1) is 36.0 Å². The molecule has 1 atom stereocenters. The van der Waals surface area contributed by atoms with Crippen LogP contribution in [-0.4, -0.2) is 19.2 Å². The monoisotopic (exact) mass is 386 g/mol. The fraction of sp³-hybridized carbons (Fsp3) is 0.250. The lowest BCUT2D eigenvalue weighted by Crippen LogP contribution is -2.31. The largest absolute Gasteiger partial charge is 0.493 e. The van der Waals surface area contributed by atoms with Crippen LogP contribution >= 0.6 is 23.8 Å². The number of nitrogen functional groups attached to an aromatic ring is 1. The smallest absolute Gasteiger partial charge is 0.161 e. The predicted molar refractivity (Wildman–Crippen MR) is 109 cm³/mol. The highest BCUT2D eigenvalue weighted by Gasteiger charge is 2.36. The molecule has 1 unspecified atom stereocenters. The van der Waals surface area contributed by atoms with Crippen molar-refractivity contribution in [3.8, 4) is 11.5 Å². The maximum absolute atomic E-state index is 6.30. The Hall–Kier alpha value is -2.24. The first kappa shape index (κ1) is 17.2. The van der Waals surface area contributed by atoms with Gasteiger partial charge < -0.3 is 20.5 Å². The Labute approximate surface area is 162 Å². The third-order valence-corrected chi connectivity index (χ3v) is 5.67. The van der Waals surface area contributed by atoms with Gasteiger partial charge in [-0.2, -0.15) is 0 Å². The highest BCUT2D eigenvalue weighted by atomic mass is 35.5. The van der Waals surface area contributed by atoms with Gasteiger partial charge in [0.15, 0.2) is 11.5 Å². The van der Waals surface area contributed by atoms with E-state index in [4.69, 9.17) is 39.0 Å². The minimum atomic E-state index is 0.0531. The first-order valence-corrected chi connectivity index (χ1v) is 9.16. The van der Waals surface area contributed by atoms with Gasteiger partial charge in [0.25, 0.3) is 0 Å². The number of fused-ring (bicyclic) bond motifs is 3. The molecule has 1 fully saturated rings. The van der Waals surface area contributed by atoms with Crippen LogP contribution in [-0.2, 0) is 0 Å². The van der Waals surface area contributed by atoms with E-state index in [2.05, 4.69) is 5.32 Å². The van der Waals surface area contributed by atoms with Crippen molar-refractivity contribution in [2.24, 2.45) is 0 Å². The van der Waals surface area contributed by atoms with Gasteiger partial charge in [-0.25, -0.2) is 0 Å². The van der Waals surface area contributed by atoms with Crippen LogP contribution in [0.15, 0.2) is 35.9 Å². The van der Waals surface area contributed by atoms with Crippen LogP contribution in [0.1, 0.15) is 35.6 Å². The molecule has 4 rings (SSSR count). The topological polar surface area (TPSA) is 56.5 Å². The SMILES string of the molecule is COc1cc2c(cc1OC)C1NC(=S)CCC1=C2c1ccc(N)c(Cl)c1. The normalized spacial score (nSPS) is 18.3. The second-order valence-corrected chi connectivity index (χ2v) is 7.33. The Kier molecular flexibility index (Phi) is 4.29. The van der Waals surface area contributed by atoms with E-state index in [0.29, 0.717) is 22.2 Å². The van der Waals surface area contributed by atoms with E-state index < -0.39 is 0 Å². The molecule has 0 spiro atoms. The summed E-state index contributed by atoms with van der Waals surface area (Å²) in [5, 5.41) is 4.02. The molecule has 0 saturated carbocycles. The second-order valence-electron chi connectivity index (χ2n) is 6.43. The van der Waals surface area contributed by atoms with Gasteiger partial charge in [0.2, 0.25) is 0 Å². The number of piperidine rings is 1.